The van der Waals surface area contributed by atoms with Crippen LogP contribution in [-0.2, 0) is 9.53 Å². The number of aliphatic hydroxyl groups is 1. The third kappa shape index (κ3) is 2.17. The number of hydrogen-bond donors (Lipinski definition) is 3. The second-order valence-corrected chi connectivity index (χ2v) is 2.92. The van der Waals surface area contributed by atoms with Gasteiger partial charge in [-0.3, -0.25) is 4.79 Å². The fraction of sp³-hybridized carbons (Fsp3) is 0.857. The number of carbonyl (C=O) groups excluding carboxylic acids is 1. The van der Waals surface area contributed by atoms with Gasteiger partial charge in [0.05, 0.1) is 18.8 Å². The maximum atomic E-state index is 10.7. The Balaban J connectivity index is 2.50. The summed E-state index contributed by atoms with van der Waals surface area (Å²) >= 11 is 0. The molecular weight excluding hydrogens is 160 g/mol. The van der Waals surface area contributed by atoms with Crippen LogP contribution in [0.15, 0.2) is 0 Å². The van der Waals surface area contributed by atoms with Gasteiger partial charge in [-0.25, -0.2) is 0 Å². The zero-order chi connectivity index (χ0) is 9.14. The van der Waals surface area contributed by atoms with Crippen LogP contribution in [0.3, 0.4) is 0 Å². The number of carbonyl (C=O) groups is 1. The van der Waals surface area contributed by atoms with Gasteiger partial charge in [0, 0.05) is 6.92 Å². The van der Waals surface area contributed by atoms with Gasteiger partial charge in [-0.2, -0.15) is 0 Å². The molecule has 0 aromatic rings. The third-order valence-corrected chi connectivity index (χ3v) is 1.86. The van der Waals surface area contributed by atoms with E-state index >= 15 is 0 Å². The highest BCUT2D eigenvalue weighted by Crippen LogP contribution is 2.10. The van der Waals surface area contributed by atoms with Crippen LogP contribution in [0.25, 0.3) is 0 Å². The van der Waals surface area contributed by atoms with E-state index in [1.54, 1.807) is 0 Å². The normalized spacial score (nSPS) is 36.1. The summed E-state index contributed by atoms with van der Waals surface area (Å²) in [5, 5.41) is 12.0. The van der Waals surface area contributed by atoms with Gasteiger partial charge in [0.25, 0.3) is 0 Å². The molecule has 0 radical (unpaired) electrons. The van der Waals surface area contributed by atoms with Gasteiger partial charge >= 0.3 is 0 Å². The molecule has 1 rings (SSSR count). The Morgan fingerprint density at radius 3 is 2.92 bits per heavy atom. The van der Waals surface area contributed by atoms with Crippen molar-refractivity contribution in [3.63, 3.8) is 0 Å². The molecule has 4 N–H and O–H groups in total. The van der Waals surface area contributed by atoms with Crippen LogP contribution in [0.1, 0.15) is 13.3 Å². The Bertz CT molecular complexity index is 164. The number of nitrogens with two attached hydrogens (primary N) is 1. The SMILES string of the molecule is CC(=O)N[C@H]1[C@H](N)OCC[C@@H]1O. The molecule has 70 valence electrons. The average molecular weight is 174 g/mol. The fourth-order valence-electron chi connectivity index (χ4n) is 1.24. The Hall–Kier alpha value is -0.650. The monoisotopic (exact) mass is 174 g/mol. The van der Waals surface area contributed by atoms with Crippen LogP contribution in [0, 0.1) is 0 Å². The average Bonchev–Trinajstić information content (AvgIpc) is 1.97. The first-order valence-corrected chi connectivity index (χ1v) is 3.93. The summed E-state index contributed by atoms with van der Waals surface area (Å²) in [5.41, 5.74) is 5.52. The fourth-order valence-corrected chi connectivity index (χ4v) is 1.24. The van der Waals surface area contributed by atoms with Crippen molar-refractivity contribution in [2.75, 3.05) is 6.61 Å². The van der Waals surface area contributed by atoms with E-state index in [1.165, 1.54) is 6.92 Å². The van der Waals surface area contributed by atoms with Crippen molar-refractivity contribution < 1.29 is 14.6 Å². The Labute approximate surface area is 70.9 Å². The zero-order valence-electron chi connectivity index (χ0n) is 6.99. The van der Waals surface area contributed by atoms with Crippen molar-refractivity contribution >= 4 is 5.91 Å². The van der Waals surface area contributed by atoms with E-state index in [4.69, 9.17) is 10.5 Å². The molecule has 5 nitrogen and oxygen atoms in total. The van der Waals surface area contributed by atoms with Crippen LogP contribution < -0.4 is 11.1 Å². The highest BCUT2D eigenvalue weighted by molar-refractivity contribution is 5.73. The second kappa shape index (κ2) is 3.84. The lowest BCUT2D eigenvalue weighted by atomic mass is 10.0. The quantitative estimate of drug-likeness (QED) is 0.454. The van der Waals surface area contributed by atoms with Gasteiger partial charge in [0.15, 0.2) is 0 Å². The van der Waals surface area contributed by atoms with Crippen molar-refractivity contribution in [3.8, 4) is 0 Å². The molecule has 1 aliphatic rings. The molecule has 1 amide bonds. The lowest BCUT2D eigenvalue weighted by Gasteiger charge is -2.33. The minimum atomic E-state index is -0.599. The van der Waals surface area contributed by atoms with E-state index in [-0.39, 0.29) is 5.91 Å². The molecule has 12 heavy (non-hydrogen) atoms. The summed E-state index contributed by atoms with van der Waals surface area (Å²) in [6.45, 7) is 1.83. The molecule has 1 fully saturated rings. The molecule has 1 aliphatic heterocycles. The lowest BCUT2D eigenvalue weighted by molar-refractivity contribution is -0.125. The van der Waals surface area contributed by atoms with Crippen LogP contribution >= 0.6 is 0 Å². The van der Waals surface area contributed by atoms with Gasteiger partial charge in [0.2, 0.25) is 5.91 Å². The number of nitrogens with one attached hydrogen (secondary N) is 1. The minimum absolute atomic E-state index is 0.208. The molecule has 0 aliphatic carbocycles. The molecular formula is C7H14N2O3. The summed E-state index contributed by atoms with van der Waals surface area (Å²) in [7, 11) is 0. The van der Waals surface area contributed by atoms with Gasteiger partial charge in [-0.05, 0) is 6.42 Å². The zero-order valence-corrected chi connectivity index (χ0v) is 6.99. The van der Waals surface area contributed by atoms with Crippen LogP contribution in [0.5, 0.6) is 0 Å². The topological polar surface area (TPSA) is 84.6 Å². The molecule has 1 heterocycles. The molecule has 0 unspecified atom stereocenters. The minimum Gasteiger partial charge on any atom is -0.391 e. The van der Waals surface area contributed by atoms with E-state index < -0.39 is 18.4 Å². The number of aliphatic hydroxyl groups excluding tert-OH is 1. The predicted molar refractivity (Wildman–Crippen MR) is 42.2 cm³/mol. The van der Waals surface area contributed by atoms with Crippen molar-refractivity contribution in [3.05, 3.63) is 0 Å². The number of ether oxygens (including phenoxy) is 1. The Morgan fingerprint density at radius 1 is 1.75 bits per heavy atom. The molecule has 3 atom stereocenters. The maximum Gasteiger partial charge on any atom is 0.217 e. The summed E-state index contributed by atoms with van der Waals surface area (Å²) in [4.78, 5) is 10.7. The van der Waals surface area contributed by atoms with Gasteiger partial charge in [-0.15, -0.1) is 0 Å². The molecule has 0 aromatic heterocycles. The number of hydrogen-bond acceptors (Lipinski definition) is 4. The summed E-state index contributed by atoms with van der Waals surface area (Å²) < 4.78 is 5.06. The Kier molecular flexibility index (Phi) is 3.02. The highest BCUT2D eigenvalue weighted by atomic mass is 16.5. The summed E-state index contributed by atoms with van der Waals surface area (Å²) in [6, 6.07) is -0.476. The van der Waals surface area contributed by atoms with Gasteiger partial charge in [-0.1, -0.05) is 0 Å². The van der Waals surface area contributed by atoms with E-state index in [1.807, 2.05) is 0 Å². The number of amides is 1. The molecule has 5 heteroatoms. The number of rotatable bonds is 1. The largest absolute Gasteiger partial charge is 0.391 e. The second-order valence-electron chi connectivity index (χ2n) is 2.92. The Morgan fingerprint density at radius 2 is 2.42 bits per heavy atom. The standard InChI is InChI=1S/C7H14N2O3/c1-4(10)9-6-5(11)2-3-12-7(6)8/h5-7,11H,2-3,8H2,1H3,(H,9,10)/t5-,6+,7+/m0/s1. The molecule has 0 bridgehead atoms. The first-order chi connectivity index (χ1) is 5.61. The molecule has 1 saturated heterocycles. The summed E-state index contributed by atoms with van der Waals surface area (Å²) in [5.74, 6) is -0.208. The van der Waals surface area contributed by atoms with E-state index in [9.17, 15) is 9.90 Å². The van der Waals surface area contributed by atoms with Crippen LogP contribution in [0.4, 0.5) is 0 Å². The third-order valence-electron chi connectivity index (χ3n) is 1.86. The first kappa shape index (κ1) is 9.44. The van der Waals surface area contributed by atoms with Crippen molar-refractivity contribution in [2.45, 2.75) is 31.7 Å². The predicted octanol–water partition coefficient (Wildman–Crippen LogP) is -1.44. The van der Waals surface area contributed by atoms with Gasteiger partial charge in [0.1, 0.15) is 6.23 Å². The molecule has 0 aromatic carbocycles. The van der Waals surface area contributed by atoms with Crippen LogP contribution in [-0.4, -0.2) is 36.0 Å². The van der Waals surface area contributed by atoms with E-state index in [2.05, 4.69) is 5.32 Å². The van der Waals surface area contributed by atoms with Crippen molar-refractivity contribution in [1.82, 2.24) is 5.32 Å². The molecule has 0 spiro atoms. The highest BCUT2D eigenvalue weighted by Gasteiger charge is 2.30. The smallest absolute Gasteiger partial charge is 0.217 e. The van der Waals surface area contributed by atoms with Crippen LogP contribution in [0.2, 0.25) is 0 Å². The summed E-state index contributed by atoms with van der Waals surface area (Å²) in [6.07, 6.45) is -0.686. The first-order valence-electron chi connectivity index (χ1n) is 3.93. The lowest BCUT2D eigenvalue weighted by Crippen LogP contribution is -2.58. The van der Waals surface area contributed by atoms with Gasteiger partial charge < -0.3 is 20.9 Å². The van der Waals surface area contributed by atoms with Crippen molar-refractivity contribution in [2.24, 2.45) is 5.73 Å². The van der Waals surface area contributed by atoms with E-state index in [0.717, 1.165) is 0 Å². The molecule has 0 saturated carbocycles. The van der Waals surface area contributed by atoms with Crippen molar-refractivity contribution in [1.29, 1.82) is 0 Å². The maximum absolute atomic E-state index is 10.7. The van der Waals surface area contributed by atoms with E-state index in [0.29, 0.717) is 13.0 Å².